The maximum Gasteiger partial charge on any atom is 0.227 e. The largest absolute Gasteiger partial charge is 0.312 e. The first-order chi connectivity index (χ1) is 9.69. The molecule has 0 saturated carbocycles. The van der Waals surface area contributed by atoms with Crippen molar-refractivity contribution in [2.45, 2.75) is 6.42 Å². The molecule has 0 aliphatic carbocycles. The summed E-state index contributed by atoms with van der Waals surface area (Å²) >= 11 is 6.27. The van der Waals surface area contributed by atoms with Gasteiger partial charge < -0.3 is 4.90 Å². The van der Waals surface area contributed by atoms with E-state index in [0.29, 0.717) is 18.0 Å². The van der Waals surface area contributed by atoms with Crippen molar-refractivity contribution >= 4 is 23.2 Å². The van der Waals surface area contributed by atoms with Gasteiger partial charge in [-0.05, 0) is 18.2 Å². The van der Waals surface area contributed by atoms with Crippen molar-refractivity contribution in [2.75, 3.05) is 11.4 Å². The first-order valence-electron chi connectivity index (χ1n) is 6.26. The molecule has 2 heterocycles. The van der Waals surface area contributed by atoms with Crippen molar-refractivity contribution in [1.29, 1.82) is 0 Å². The van der Waals surface area contributed by atoms with E-state index in [9.17, 15) is 4.79 Å². The van der Waals surface area contributed by atoms with Gasteiger partial charge in [-0.25, -0.2) is 9.67 Å². The van der Waals surface area contributed by atoms with Crippen molar-refractivity contribution < 1.29 is 4.79 Å². The van der Waals surface area contributed by atoms with Crippen LogP contribution in [0.15, 0.2) is 43.5 Å². The van der Waals surface area contributed by atoms with Gasteiger partial charge in [0.25, 0.3) is 0 Å². The zero-order valence-corrected chi connectivity index (χ0v) is 11.5. The second-order valence-electron chi connectivity index (χ2n) is 4.68. The van der Waals surface area contributed by atoms with E-state index >= 15 is 0 Å². The lowest BCUT2D eigenvalue weighted by molar-refractivity contribution is -0.117. The summed E-state index contributed by atoms with van der Waals surface area (Å²) in [6.07, 6.45) is 5.35. The van der Waals surface area contributed by atoms with Gasteiger partial charge in [0.2, 0.25) is 5.91 Å². The average molecular weight is 289 g/mol. The minimum atomic E-state index is 0.0967. The third kappa shape index (κ3) is 2.20. The van der Waals surface area contributed by atoms with Crippen LogP contribution in [0.3, 0.4) is 0 Å². The predicted octanol–water partition coefficient (Wildman–Crippen LogP) is 2.46. The molecule has 20 heavy (non-hydrogen) atoms. The van der Waals surface area contributed by atoms with Gasteiger partial charge in [-0.15, -0.1) is 6.58 Å². The number of hydrogen-bond donors (Lipinski definition) is 0. The van der Waals surface area contributed by atoms with Gasteiger partial charge in [-0.1, -0.05) is 17.7 Å². The van der Waals surface area contributed by atoms with Crippen LogP contribution < -0.4 is 4.90 Å². The van der Waals surface area contributed by atoms with Crippen LogP contribution in [0.25, 0.3) is 5.69 Å². The maximum atomic E-state index is 12.0. The highest BCUT2D eigenvalue weighted by molar-refractivity contribution is 6.32. The van der Waals surface area contributed by atoms with Crippen LogP contribution in [0.4, 0.5) is 5.69 Å². The molecular formula is C14H13ClN4O. The third-order valence-electron chi connectivity index (χ3n) is 3.40. The second kappa shape index (κ2) is 5.09. The molecule has 1 aliphatic rings. The molecule has 1 unspecified atom stereocenters. The zero-order chi connectivity index (χ0) is 14.1. The number of carbonyl (C=O) groups excluding carboxylic acids is 1. The topological polar surface area (TPSA) is 51.0 Å². The van der Waals surface area contributed by atoms with Gasteiger partial charge in [0, 0.05) is 24.6 Å². The number of hydrogen-bond acceptors (Lipinski definition) is 3. The van der Waals surface area contributed by atoms with Crippen LogP contribution in [0.5, 0.6) is 0 Å². The molecule has 1 atom stereocenters. The number of amides is 1. The summed E-state index contributed by atoms with van der Waals surface area (Å²) in [5.41, 5.74) is 1.54. The van der Waals surface area contributed by atoms with E-state index < -0.39 is 0 Å². The Balaban J connectivity index is 1.91. The Bertz CT molecular complexity index is 653. The maximum absolute atomic E-state index is 12.0. The lowest BCUT2D eigenvalue weighted by atomic mass is 10.1. The van der Waals surface area contributed by atoms with E-state index in [1.807, 2.05) is 18.2 Å². The molecule has 1 aromatic carbocycles. The number of carbonyl (C=O) groups is 1. The van der Waals surface area contributed by atoms with E-state index in [1.165, 1.54) is 6.33 Å². The Morgan fingerprint density at radius 3 is 2.90 bits per heavy atom. The van der Waals surface area contributed by atoms with Crippen LogP contribution in [0.2, 0.25) is 5.02 Å². The molecule has 1 saturated heterocycles. The summed E-state index contributed by atoms with van der Waals surface area (Å²) in [7, 11) is 0. The molecule has 5 nitrogen and oxygen atoms in total. The lowest BCUT2D eigenvalue weighted by Gasteiger charge is -2.17. The van der Waals surface area contributed by atoms with E-state index in [0.717, 1.165) is 11.4 Å². The first-order valence-corrected chi connectivity index (χ1v) is 6.64. The number of rotatable bonds is 3. The van der Waals surface area contributed by atoms with Gasteiger partial charge in [0.05, 0.1) is 10.7 Å². The molecule has 0 radical (unpaired) electrons. The quantitative estimate of drug-likeness (QED) is 0.815. The number of aromatic nitrogens is 3. The van der Waals surface area contributed by atoms with E-state index in [4.69, 9.17) is 11.6 Å². The molecule has 0 spiro atoms. The molecule has 0 N–H and O–H groups in total. The number of benzene rings is 1. The SMILES string of the molecule is C=CC1CC(=O)N(c2ccc(-n3cncn3)c(Cl)c2)C1. The molecule has 1 aromatic heterocycles. The number of anilines is 1. The van der Waals surface area contributed by atoms with Crippen molar-refractivity contribution in [3.8, 4) is 5.69 Å². The highest BCUT2D eigenvalue weighted by atomic mass is 35.5. The van der Waals surface area contributed by atoms with Gasteiger partial charge in [0.1, 0.15) is 12.7 Å². The molecule has 3 rings (SSSR count). The van der Waals surface area contributed by atoms with Crippen LogP contribution >= 0.6 is 11.6 Å². The molecule has 6 heteroatoms. The molecule has 0 bridgehead atoms. The summed E-state index contributed by atoms with van der Waals surface area (Å²) in [5.74, 6) is 0.302. The van der Waals surface area contributed by atoms with Gasteiger partial charge >= 0.3 is 0 Å². The monoisotopic (exact) mass is 288 g/mol. The number of halogens is 1. The fourth-order valence-electron chi connectivity index (χ4n) is 2.32. The van der Waals surface area contributed by atoms with Crippen LogP contribution in [-0.2, 0) is 4.79 Å². The molecule has 102 valence electrons. The van der Waals surface area contributed by atoms with Crippen molar-refractivity contribution in [2.24, 2.45) is 5.92 Å². The summed E-state index contributed by atoms with van der Waals surface area (Å²) in [4.78, 5) is 17.6. The standard InChI is InChI=1S/C14H13ClN4O/c1-2-10-5-14(20)18(7-10)11-3-4-13(12(15)6-11)19-9-16-8-17-19/h2-4,6,8-10H,1,5,7H2. The van der Waals surface area contributed by atoms with Gasteiger partial charge in [0.15, 0.2) is 0 Å². The van der Waals surface area contributed by atoms with Crippen LogP contribution in [-0.4, -0.2) is 27.2 Å². The summed E-state index contributed by atoms with van der Waals surface area (Å²) < 4.78 is 1.59. The Morgan fingerprint density at radius 1 is 1.45 bits per heavy atom. The van der Waals surface area contributed by atoms with E-state index in [-0.39, 0.29) is 11.8 Å². The Kier molecular flexibility index (Phi) is 3.28. The second-order valence-corrected chi connectivity index (χ2v) is 5.09. The third-order valence-corrected chi connectivity index (χ3v) is 3.70. The summed E-state index contributed by atoms with van der Waals surface area (Å²) in [5, 5.41) is 4.57. The predicted molar refractivity (Wildman–Crippen MR) is 77.0 cm³/mol. The molecule has 1 aliphatic heterocycles. The smallest absolute Gasteiger partial charge is 0.227 e. The summed E-state index contributed by atoms with van der Waals surface area (Å²) in [6.45, 7) is 4.40. The van der Waals surface area contributed by atoms with E-state index in [2.05, 4.69) is 16.7 Å². The molecule has 2 aromatic rings. The average Bonchev–Trinajstić information content (AvgIpc) is 3.07. The molecule has 1 fully saturated rings. The fourth-order valence-corrected chi connectivity index (χ4v) is 2.59. The number of nitrogens with zero attached hydrogens (tertiary/aromatic N) is 4. The van der Waals surface area contributed by atoms with Crippen molar-refractivity contribution in [1.82, 2.24) is 14.8 Å². The van der Waals surface area contributed by atoms with Crippen molar-refractivity contribution in [3.63, 3.8) is 0 Å². The highest BCUT2D eigenvalue weighted by Crippen LogP contribution is 2.30. The van der Waals surface area contributed by atoms with Gasteiger partial charge in [-0.2, -0.15) is 5.10 Å². The normalized spacial score (nSPS) is 18.6. The Hall–Kier alpha value is -2.14. The Morgan fingerprint density at radius 2 is 2.30 bits per heavy atom. The van der Waals surface area contributed by atoms with E-state index in [1.54, 1.807) is 22.0 Å². The lowest BCUT2D eigenvalue weighted by Crippen LogP contribution is -2.24. The van der Waals surface area contributed by atoms with Crippen LogP contribution in [0.1, 0.15) is 6.42 Å². The molecule has 1 amide bonds. The fraction of sp³-hybridized carbons (Fsp3) is 0.214. The van der Waals surface area contributed by atoms with Crippen LogP contribution in [0, 0.1) is 5.92 Å². The van der Waals surface area contributed by atoms with Gasteiger partial charge in [-0.3, -0.25) is 4.79 Å². The minimum absolute atomic E-state index is 0.0967. The Labute approximate surface area is 121 Å². The summed E-state index contributed by atoms with van der Waals surface area (Å²) in [6, 6.07) is 5.48. The molecular weight excluding hydrogens is 276 g/mol. The minimum Gasteiger partial charge on any atom is -0.312 e. The highest BCUT2D eigenvalue weighted by Gasteiger charge is 2.28. The first kappa shape index (κ1) is 12.9. The zero-order valence-electron chi connectivity index (χ0n) is 10.7. The van der Waals surface area contributed by atoms with Crippen molar-refractivity contribution in [3.05, 3.63) is 48.5 Å².